The Morgan fingerprint density at radius 3 is 2.47 bits per heavy atom. The third-order valence-electron chi connectivity index (χ3n) is 2.50. The van der Waals surface area contributed by atoms with Crippen LogP contribution in [0.1, 0.15) is 43.7 Å². The largest absolute Gasteiger partial charge is 0.416 e. The van der Waals surface area contributed by atoms with Crippen molar-refractivity contribution in [2.45, 2.75) is 38.8 Å². The fourth-order valence-electron chi connectivity index (χ4n) is 1.62. The summed E-state index contributed by atoms with van der Waals surface area (Å²) in [6.07, 6.45) is -2.33. The first-order valence-electron chi connectivity index (χ1n) is 5.12. The summed E-state index contributed by atoms with van der Waals surface area (Å²) in [6.45, 7) is 3.99. The maximum absolute atomic E-state index is 12.4. The number of hydrogen-bond acceptors (Lipinski definition) is 0. The fourth-order valence-corrected chi connectivity index (χ4v) is 1.62. The highest BCUT2D eigenvalue weighted by atomic mass is 19.4. The Balaban J connectivity index is 2.92. The molecule has 0 aromatic heterocycles. The maximum Gasteiger partial charge on any atom is 0.416 e. The molecule has 1 aromatic rings. The molecule has 1 aromatic carbocycles. The summed E-state index contributed by atoms with van der Waals surface area (Å²) in [5.41, 5.74) is 0.217. The number of alkyl halides is 3. The van der Waals surface area contributed by atoms with E-state index >= 15 is 0 Å². The van der Waals surface area contributed by atoms with E-state index in [-0.39, 0.29) is 5.92 Å². The molecule has 3 heteroatoms. The van der Waals surface area contributed by atoms with Crippen molar-refractivity contribution in [1.29, 1.82) is 0 Å². The Morgan fingerprint density at radius 2 is 1.93 bits per heavy atom. The van der Waals surface area contributed by atoms with E-state index < -0.39 is 11.7 Å². The normalized spacial score (nSPS) is 13.9. The van der Waals surface area contributed by atoms with Crippen LogP contribution >= 0.6 is 0 Å². The van der Waals surface area contributed by atoms with Gasteiger partial charge in [-0.1, -0.05) is 38.5 Å². The molecule has 1 atom stereocenters. The molecule has 15 heavy (non-hydrogen) atoms. The number of hydrogen-bond donors (Lipinski definition) is 0. The van der Waals surface area contributed by atoms with Gasteiger partial charge in [0.15, 0.2) is 0 Å². The lowest BCUT2D eigenvalue weighted by Crippen LogP contribution is -2.06. The molecule has 1 unspecified atom stereocenters. The molecule has 0 aliphatic heterocycles. The molecule has 1 rings (SSSR count). The van der Waals surface area contributed by atoms with Crippen LogP contribution in [0.25, 0.3) is 0 Å². The van der Waals surface area contributed by atoms with Crippen molar-refractivity contribution in [3.63, 3.8) is 0 Å². The van der Waals surface area contributed by atoms with Crippen molar-refractivity contribution in [1.82, 2.24) is 0 Å². The molecule has 0 nitrogen and oxygen atoms in total. The van der Waals surface area contributed by atoms with E-state index in [2.05, 4.69) is 0 Å². The molecule has 0 saturated carbocycles. The van der Waals surface area contributed by atoms with Gasteiger partial charge >= 0.3 is 6.18 Å². The molecule has 0 radical (unpaired) electrons. The van der Waals surface area contributed by atoms with Gasteiger partial charge in [-0.25, -0.2) is 0 Å². The monoisotopic (exact) mass is 216 g/mol. The quantitative estimate of drug-likeness (QED) is 0.692. The van der Waals surface area contributed by atoms with Gasteiger partial charge in [-0.3, -0.25) is 0 Å². The minimum Gasteiger partial charge on any atom is -0.166 e. The molecule has 0 aliphatic carbocycles. The minimum atomic E-state index is -4.23. The summed E-state index contributed by atoms with van der Waals surface area (Å²) in [5, 5.41) is 0. The van der Waals surface area contributed by atoms with E-state index in [0.717, 1.165) is 24.5 Å². The third kappa shape index (κ3) is 3.26. The molecule has 0 saturated heterocycles. The van der Waals surface area contributed by atoms with E-state index in [4.69, 9.17) is 0 Å². The van der Waals surface area contributed by atoms with Crippen LogP contribution in [-0.2, 0) is 6.18 Å². The van der Waals surface area contributed by atoms with E-state index in [1.165, 1.54) is 12.1 Å². The molecular weight excluding hydrogens is 201 g/mol. The minimum absolute atomic E-state index is 0.192. The van der Waals surface area contributed by atoms with Crippen LogP contribution in [0.2, 0.25) is 0 Å². The Kier molecular flexibility index (Phi) is 3.77. The highest BCUT2D eigenvalue weighted by Gasteiger charge is 2.30. The molecule has 0 heterocycles. The first kappa shape index (κ1) is 12.1. The van der Waals surface area contributed by atoms with E-state index in [9.17, 15) is 13.2 Å². The second-order valence-electron chi connectivity index (χ2n) is 3.81. The lowest BCUT2D eigenvalue weighted by molar-refractivity contribution is -0.137. The fraction of sp³-hybridized carbons (Fsp3) is 0.500. The van der Waals surface area contributed by atoms with Gasteiger partial charge in [0, 0.05) is 0 Å². The second kappa shape index (κ2) is 4.69. The van der Waals surface area contributed by atoms with Crippen molar-refractivity contribution < 1.29 is 13.2 Å². The molecule has 84 valence electrons. The molecule has 0 bridgehead atoms. The summed E-state index contributed by atoms with van der Waals surface area (Å²) in [5.74, 6) is 0.192. The molecular formula is C12H15F3. The lowest BCUT2D eigenvalue weighted by Gasteiger charge is -2.13. The molecule has 0 fully saturated rings. The van der Waals surface area contributed by atoms with Gasteiger partial charge in [0.1, 0.15) is 0 Å². The average Bonchev–Trinajstić information content (AvgIpc) is 2.17. The molecule has 0 amide bonds. The van der Waals surface area contributed by atoms with Crippen molar-refractivity contribution in [3.05, 3.63) is 35.4 Å². The Morgan fingerprint density at radius 1 is 1.27 bits per heavy atom. The van der Waals surface area contributed by atoms with Crippen molar-refractivity contribution in [2.75, 3.05) is 0 Å². The first-order valence-corrected chi connectivity index (χ1v) is 5.12. The Labute approximate surface area is 88.1 Å². The van der Waals surface area contributed by atoms with Gasteiger partial charge in [0.2, 0.25) is 0 Å². The van der Waals surface area contributed by atoms with E-state index in [1.54, 1.807) is 6.07 Å². The number of benzene rings is 1. The Bertz CT molecular complexity index is 315. The molecule has 0 aliphatic rings. The van der Waals surface area contributed by atoms with Crippen molar-refractivity contribution >= 4 is 0 Å². The van der Waals surface area contributed by atoms with Crippen LogP contribution in [0.15, 0.2) is 24.3 Å². The predicted molar refractivity (Wildman–Crippen MR) is 54.8 cm³/mol. The van der Waals surface area contributed by atoms with Crippen molar-refractivity contribution in [3.8, 4) is 0 Å². The second-order valence-corrected chi connectivity index (χ2v) is 3.81. The van der Waals surface area contributed by atoms with Crippen LogP contribution in [-0.4, -0.2) is 0 Å². The van der Waals surface area contributed by atoms with E-state index in [0.29, 0.717) is 0 Å². The van der Waals surface area contributed by atoms with Crippen LogP contribution in [0, 0.1) is 0 Å². The Hall–Kier alpha value is -0.990. The third-order valence-corrected chi connectivity index (χ3v) is 2.50. The van der Waals surface area contributed by atoms with Crippen LogP contribution < -0.4 is 0 Å². The topological polar surface area (TPSA) is 0 Å². The zero-order valence-corrected chi connectivity index (χ0v) is 8.93. The SMILES string of the molecule is CCCC(C)c1cccc(C(F)(F)F)c1. The summed E-state index contributed by atoms with van der Waals surface area (Å²) in [4.78, 5) is 0. The van der Waals surface area contributed by atoms with Crippen LogP contribution in [0.5, 0.6) is 0 Å². The van der Waals surface area contributed by atoms with Gasteiger partial charge < -0.3 is 0 Å². The maximum atomic E-state index is 12.4. The molecule has 0 N–H and O–H groups in total. The zero-order chi connectivity index (χ0) is 11.5. The highest BCUT2D eigenvalue weighted by Crippen LogP contribution is 2.31. The van der Waals surface area contributed by atoms with Crippen LogP contribution in [0.4, 0.5) is 13.2 Å². The van der Waals surface area contributed by atoms with Gasteiger partial charge in [-0.2, -0.15) is 13.2 Å². The summed E-state index contributed by atoms with van der Waals surface area (Å²) >= 11 is 0. The first-order chi connectivity index (χ1) is 6.95. The average molecular weight is 216 g/mol. The smallest absolute Gasteiger partial charge is 0.166 e. The van der Waals surface area contributed by atoms with Gasteiger partial charge in [-0.15, -0.1) is 0 Å². The van der Waals surface area contributed by atoms with E-state index in [1.807, 2.05) is 13.8 Å². The molecule has 0 spiro atoms. The predicted octanol–water partition coefficient (Wildman–Crippen LogP) is 4.61. The van der Waals surface area contributed by atoms with Gasteiger partial charge in [0.05, 0.1) is 5.56 Å². The number of rotatable bonds is 3. The van der Waals surface area contributed by atoms with Crippen LogP contribution in [0.3, 0.4) is 0 Å². The lowest BCUT2D eigenvalue weighted by atomic mass is 9.95. The van der Waals surface area contributed by atoms with Gasteiger partial charge in [-0.05, 0) is 24.0 Å². The van der Waals surface area contributed by atoms with Crippen molar-refractivity contribution in [2.24, 2.45) is 0 Å². The summed E-state index contributed by atoms with van der Waals surface area (Å²) in [6, 6.07) is 5.60. The standard InChI is InChI=1S/C12H15F3/c1-3-5-9(2)10-6-4-7-11(8-10)12(13,14)15/h4,6-9H,3,5H2,1-2H3. The zero-order valence-electron chi connectivity index (χ0n) is 8.93. The summed E-state index contributed by atoms with van der Waals surface area (Å²) < 4.78 is 37.3. The summed E-state index contributed by atoms with van der Waals surface area (Å²) in [7, 11) is 0. The highest BCUT2D eigenvalue weighted by molar-refractivity contribution is 5.27. The van der Waals surface area contributed by atoms with Gasteiger partial charge in [0.25, 0.3) is 0 Å². The number of halogens is 3.